The summed E-state index contributed by atoms with van der Waals surface area (Å²) in [6.07, 6.45) is 6.72. The van der Waals surface area contributed by atoms with Gasteiger partial charge in [0.2, 0.25) is 0 Å². The zero-order valence-electron chi connectivity index (χ0n) is 10.9. The Morgan fingerprint density at radius 2 is 1.89 bits per heavy atom. The fraction of sp³-hybridized carbons (Fsp3) is 0.833. The van der Waals surface area contributed by atoms with Crippen LogP contribution in [0.1, 0.15) is 32.1 Å². The molecule has 5 nitrogen and oxygen atoms in total. The van der Waals surface area contributed by atoms with Gasteiger partial charge in [-0.15, -0.1) is 0 Å². The lowest BCUT2D eigenvalue weighted by Gasteiger charge is -2.23. The number of thioether (sulfide) groups is 1. The summed E-state index contributed by atoms with van der Waals surface area (Å²) < 4.78 is 0. The molecule has 1 heterocycles. The van der Waals surface area contributed by atoms with E-state index in [1.54, 1.807) is 16.7 Å². The van der Waals surface area contributed by atoms with Crippen LogP contribution >= 0.6 is 11.8 Å². The van der Waals surface area contributed by atoms with Crippen molar-refractivity contribution in [2.45, 2.75) is 38.1 Å². The van der Waals surface area contributed by atoms with Crippen molar-refractivity contribution >= 4 is 23.8 Å². The number of nitrogens with one attached hydrogen (secondary N) is 1. The third-order valence-electron chi connectivity index (χ3n) is 3.10. The largest absolute Gasteiger partial charge is 0.480 e. The van der Waals surface area contributed by atoms with Gasteiger partial charge in [0, 0.05) is 13.1 Å². The first-order chi connectivity index (χ1) is 8.65. The lowest BCUT2D eigenvalue weighted by molar-refractivity contribution is -0.139. The number of aliphatic carboxylic acids is 1. The van der Waals surface area contributed by atoms with Crippen LogP contribution in [0.25, 0.3) is 0 Å². The smallest absolute Gasteiger partial charge is 0.326 e. The molecule has 1 aliphatic rings. The first-order valence-corrected chi connectivity index (χ1v) is 7.81. The molecule has 1 aliphatic heterocycles. The van der Waals surface area contributed by atoms with E-state index in [0.29, 0.717) is 6.42 Å². The van der Waals surface area contributed by atoms with E-state index in [4.69, 9.17) is 5.11 Å². The Hall–Kier alpha value is -0.910. The second-order valence-corrected chi connectivity index (χ2v) is 5.51. The number of rotatable bonds is 5. The van der Waals surface area contributed by atoms with Gasteiger partial charge >= 0.3 is 12.0 Å². The highest BCUT2D eigenvalue weighted by molar-refractivity contribution is 7.98. The molecule has 18 heavy (non-hydrogen) atoms. The second kappa shape index (κ2) is 8.24. The maximum atomic E-state index is 12.0. The number of carboxylic acid groups (broad SMARTS) is 1. The summed E-state index contributed by atoms with van der Waals surface area (Å²) in [5.41, 5.74) is 0. The minimum absolute atomic E-state index is 0.231. The molecule has 0 aromatic rings. The summed E-state index contributed by atoms with van der Waals surface area (Å²) >= 11 is 1.59. The van der Waals surface area contributed by atoms with Crippen molar-refractivity contribution in [3.63, 3.8) is 0 Å². The molecule has 1 unspecified atom stereocenters. The molecule has 2 N–H and O–H groups in total. The molecule has 0 aromatic carbocycles. The van der Waals surface area contributed by atoms with Gasteiger partial charge in [-0.25, -0.2) is 9.59 Å². The zero-order valence-corrected chi connectivity index (χ0v) is 11.7. The quantitative estimate of drug-likeness (QED) is 0.801. The van der Waals surface area contributed by atoms with Crippen LogP contribution in [-0.4, -0.2) is 53.1 Å². The molecule has 0 aliphatic carbocycles. The number of amides is 2. The maximum Gasteiger partial charge on any atom is 0.326 e. The standard InChI is InChI=1S/C12H22N2O3S/c1-18-9-6-10(11(15)16)13-12(17)14-7-4-2-3-5-8-14/h10H,2-9H2,1H3,(H,13,17)(H,15,16). The molecular formula is C12H22N2O3S. The van der Waals surface area contributed by atoms with Crippen LogP contribution in [0.4, 0.5) is 4.79 Å². The molecule has 1 fully saturated rings. The van der Waals surface area contributed by atoms with Crippen LogP contribution in [0.5, 0.6) is 0 Å². The van der Waals surface area contributed by atoms with E-state index in [1.165, 1.54) is 0 Å². The fourth-order valence-corrected chi connectivity index (χ4v) is 2.48. The first kappa shape index (κ1) is 15.1. The van der Waals surface area contributed by atoms with E-state index >= 15 is 0 Å². The van der Waals surface area contributed by atoms with Crippen molar-refractivity contribution in [1.29, 1.82) is 0 Å². The van der Waals surface area contributed by atoms with Gasteiger partial charge in [0.25, 0.3) is 0 Å². The molecule has 1 rings (SSSR count). The van der Waals surface area contributed by atoms with E-state index < -0.39 is 12.0 Å². The summed E-state index contributed by atoms with van der Waals surface area (Å²) in [7, 11) is 0. The predicted octanol–water partition coefficient (Wildman–Crippen LogP) is 1.78. The van der Waals surface area contributed by atoms with Crippen LogP contribution < -0.4 is 5.32 Å². The highest BCUT2D eigenvalue weighted by Gasteiger charge is 2.23. The van der Waals surface area contributed by atoms with Crippen LogP contribution in [0.2, 0.25) is 0 Å². The van der Waals surface area contributed by atoms with E-state index in [2.05, 4.69) is 5.32 Å². The number of hydrogen-bond donors (Lipinski definition) is 2. The molecule has 0 spiro atoms. The molecular weight excluding hydrogens is 252 g/mol. The van der Waals surface area contributed by atoms with Crippen molar-refractivity contribution in [1.82, 2.24) is 10.2 Å². The van der Waals surface area contributed by atoms with E-state index in [1.807, 2.05) is 6.26 Å². The summed E-state index contributed by atoms with van der Waals surface area (Å²) in [5, 5.41) is 11.7. The molecule has 0 bridgehead atoms. The third kappa shape index (κ3) is 5.16. The number of carbonyl (C=O) groups is 2. The number of hydrogen-bond acceptors (Lipinski definition) is 3. The number of carbonyl (C=O) groups excluding carboxylic acids is 1. The van der Waals surface area contributed by atoms with Gasteiger partial charge in [-0.05, 0) is 31.3 Å². The second-order valence-electron chi connectivity index (χ2n) is 4.52. The number of likely N-dealkylation sites (tertiary alicyclic amines) is 1. The minimum atomic E-state index is -0.952. The minimum Gasteiger partial charge on any atom is -0.480 e. The first-order valence-electron chi connectivity index (χ1n) is 6.42. The van der Waals surface area contributed by atoms with Gasteiger partial charge in [0.15, 0.2) is 0 Å². The fourth-order valence-electron chi connectivity index (χ4n) is 2.01. The van der Waals surface area contributed by atoms with E-state index in [-0.39, 0.29) is 6.03 Å². The average molecular weight is 274 g/mol. The lowest BCUT2D eigenvalue weighted by Crippen LogP contribution is -2.48. The van der Waals surface area contributed by atoms with Gasteiger partial charge in [0.05, 0.1) is 0 Å². The van der Waals surface area contributed by atoms with Crippen molar-refractivity contribution in [2.75, 3.05) is 25.1 Å². The SMILES string of the molecule is CSCCC(NC(=O)N1CCCCCC1)C(=O)O. The summed E-state index contributed by atoms with van der Waals surface area (Å²) in [6, 6.07) is -1.00. The Labute approximate surface area is 112 Å². The van der Waals surface area contributed by atoms with Gasteiger partial charge < -0.3 is 15.3 Å². The molecule has 0 radical (unpaired) electrons. The molecule has 6 heteroatoms. The van der Waals surface area contributed by atoms with Crippen molar-refractivity contribution in [2.24, 2.45) is 0 Å². The Balaban J connectivity index is 2.45. The highest BCUT2D eigenvalue weighted by Crippen LogP contribution is 2.10. The van der Waals surface area contributed by atoms with Crippen LogP contribution in [0.15, 0.2) is 0 Å². The summed E-state index contributed by atoms with van der Waals surface area (Å²) in [4.78, 5) is 24.8. The Morgan fingerprint density at radius 3 is 2.39 bits per heavy atom. The predicted molar refractivity (Wildman–Crippen MR) is 73.0 cm³/mol. The molecule has 2 amide bonds. The number of nitrogens with zero attached hydrogens (tertiary/aromatic N) is 1. The van der Waals surface area contributed by atoms with Gasteiger partial charge in [0.1, 0.15) is 6.04 Å². The Kier molecular flexibility index (Phi) is 6.93. The number of urea groups is 1. The molecule has 0 aromatic heterocycles. The van der Waals surface area contributed by atoms with Crippen molar-refractivity contribution in [3.05, 3.63) is 0 Å². The molecule has 1 saturated heterocycles. The monoisotopic (exact) mass is 274 g/mol. The lowest BCUT2D eigenvalue weighted by atomic mass is 10.2. The summed E-state index contributed by atoms with van der Waals surface area (Å²) in [6.45, 7) is 1.47. The third-order valence-corrected chi connectivity index (χ3v) is 3.74. The van der Waals surface area contributed by atoms with E-state index in [9.17, 15) is 9.59 Å². The van der Waals surface area contributed by atoms with Gasteiger partial charge in [-0.3, -0.25) is 0 Å². The summed E-state index contributed by atoms with van der Waals surface area (Å²) in [5.74, 6) is -0.218. The topological polar surface area (TPSA) is 69.6 Å². The van der Waals surface area contributed by atoms with Gasteiger partial charge in [-0.1, -0.05) is 12.8 Å². The molecule has 1 atom stereocenters. The maximum absolute atomic E-state index is 12.0. The Morgan fingerprint density at radius 1 is 1.28 bits per heavy atom. The average Bonchev–Trinajstić information content (AvgIpc) is 2.62. The van der Waals surface area contributed by atoms with Crippen LogP contribution in [-0.2, 0) is 4.79 Å². The van der Waals surface area contributed by atoms with Crippen LogP contribution in [0, 0.1) is 0 Å². The van der Waals surface area contributed by atoms with Crippen molar-refractivity contribution < 1.29 is 14.7 Å². The van der Waals surface area contributed by atoms with Gasteiger partial charge in [-0.2, -0.15) is 11.8 Å². The molecule has 104 valence electrons. The normalized spacial score (nSPS) is 17.9. The highest BCUT2D eigenvalue weighted by atomic mass is 32.2. The Bertz CT molecular complexity index is 278. The zero-order chi connectivity index (χ0) is 13.4. The van der Waals surface area contributed by atoms with Crippen LogP contribution in [0.3, 0.4) is 0 Å². The van der Waals surface area contributed by atoms with E-state index in [0.717, 1.165) is 44.5 Å². The van der Waals surface area contributed by atoms with Crippen molar-refractivity contribution in [3.8, 4) is 0 Å². The molecule has 0 saturated carbocycles. The number of carboxylic acids is 1.